The normalized spacial score (nSPS) is 10.9. The molecular weight excluding hydrogens is 282 g/mol. The van der Waals surface area contributed by atoms with Crippen LogP contribution < -0.4 is 10.1 Å². The topological polar surface area (TPSA) is 75.6 Å². The summed E-state index contributed by atoms with van der Waals surface area (Å²) in [5.41, 5.74) is 0.212. The highest BCUT2D eigenvalue weighted by molar-refractivity contribution is 6.34. The lowest BCUT2D eigenvalue weighted by molar-refractivity contribution is -0.111. The lowest BCUT2D eigenvalue weighted by Crippen LogP contribution is -2.09. The van der Waals surface area contributed by atoms with Crippen LogP contribution in [0.15, 0.2) is 36.4 Å². The van der Waals surface area contributed by atoms with Gasteiger partial charge in [0, 0.05) is 12.1 Å². The highest BCUT2D eigenvalue weighted by atomic mass is 35.5. The number of carboxylic acids is 1. The third-order valence-electron chi connectivity index (χ3n) is 2.33. The molecule has 0 aliphatic rings. The molecule has 1 aromatic rings. The molecule has 0 saturated carbocycles. The first-order valence-corrected chi connectivity index (χ1v) is 6.08. The van der Waals surface area contributed by atoms with E-state index in [-0.39, 0.29) is 27.9 Å². The molecule has 0 saturated heterocycles. The molecule has 1 rings (SSSR count). The van der Waals surface area contributed by atoms with E-state index in [1.54, 1.807) is 18.2 Å². The predicted octanol–water partition coefficient (Wildman–Crippen LogP) is 3.12. The van der Waals surface area contributed by atoms with Crippen LogP contribution in [-0.2, 0) is 4.79 Å². The fraction of sp³-hybridized carbons (Fsp3) is 0.143. The van der Waals surface area contributed by atoms with Crippen molar-refractivity contribution in [1.29, 1.82) is 0 Å². The van der Waals surface area contributed by atoms with Crippen molar-refractivity contribution in [3.05, 3.63) is 47.0 Å². The molecule has 0 spiro atoms. The standard InChI is InChI=1S/C14H14ClNO4/c1-3-4-5-6-13(17)16-11-8-12(20-2)9(14(18)19)7-10(11)15/h3-8H,1-2H3,(H,16,17)(H,18,19)/b4-3+,6-5+. The number of benzene rings is 1. The van der Waals surface area contributed by atoms with E-state index in [1.165, 1.54) is 25.3 Å². The average Bonchev–Trinajstić information content (AvgIpc) is 2.40. The zero-order valence-electron chi connectivity index (χ0n) is 11.0. The van der Waals surface area contributed by atoms with Gasteiger partial charge in [-0.3, -0.25) is 4.79 Å². The van der Waals surface area contributed by atoms with Crippen molar-refractivity contribution < 1.29 is 19.4 Å². The summed E-state index contributed by atoms with van der Waals surface area (Å²) in [6, 6.07) is 2.60. The zero-order valence-corrected chi connectivity index (χ0v) is 11.8. The predicted molar refractivity (Wildman–Crippen MR) is 77.5 cm³/mol. The van der Waals surface area contributed by atoms with Gasteiger partial charge in [0.15, 0.2) is 0 Å². The number of hydrogen-bond acceptors (Lipinski definition) is 3. The van der Waals surface area contributed by atoms with Crippen LogP contribution >= 0.6 is 11.6 Å². The molecule has 0 heterocycles. The molecule has 6 heteroatoms. The number of carbonyl (C=O) groups excluding carboxylic acids is 1. The number of ether oxygens (including phenoxy) is 1. The van der Waals surface area contributed by atoms with Gasteiger partial charge in [-0.1, -0.05) is 29.8 Å². The average molecular weight is 296 g/mol. The van der Waals surface area contributed by atoms with Gasteiger partial charge in [0.25, 0.3) is 0 Å². The summed E-state index contributed by atoms with van der Waals surface area (Å²) < 4.78 is 4.96. The first-order chi connectivity index (χ1) is 9.49. The maximum Gasteiger partial charge on any atom is 0.339 e. The van der Waals surface area contributed by atoms with Gasteiger partial charge >= 0.3 is 5.97 Å². The first-order valence-electron chi connectivity index (χ1n) is 5.70. The molecule has 5 nitrogen and oxygen atoms in total. The molecular formula is C14H14ClNO4. The number of methoxy groups -OCH3 is 1. The molecule has 0 radical (unpaired) electrons. The Morgan fingerprint density at radius 2 is 2.05 bits per heavy atom. The molecule has 106 valence electrons. The number of allylic oxidation sites excluding steroid dienone is 3. The Morgan fingerprint density at radius 1 is 1.35 bits per heavy atom. The molecule has 0 atom stereocenters. The number of nitrogens with one attached hydrogen (secondary N) is 1. The number of rotatable bonds is 5. The second kappa shape index (κ2) is 7.35. The number of carboxylic acid groups (broad SMARTS) is 1. The highest BCUT2D eigenvalue weighted by Crippen LogP contribution is 2.31. The Hall–Kier alpha value is -2.27. The molecule has 0 unspecified atom stereocenters. The number of anilines is 1. The van der Waals surface area contributed by atoms with Crippen LogP contribution in [0.2, 0.25) is 5.02 Å². The van der Waals surface area contributed by atoms with E-state index in [0.717, 1.165) is 0 Å². The van der Waals surface area contributed by atoms with Gasteiger partial charge in [0.05, 0.1) is 17.8 Å². The van der Waals surface area contributed by atoms with Crippen molar-refractivity contribution in [2.45, 2.75) is 6.92 Å². The summed E-state index contributed by atoms with van der Waals surface area (Å²) in [6.07, 6.45) is 6.39. The van der Waals surface area contributed by atoms with Crippen molar-refractivity contribution in [2.24, 2.45) is 0 Å². The van der Waals surface area contributed by atoms with Crippen LogP contribution in [0.25, 0.3) is 0 Å². The van der Waals surface area contributed by atoms with Crippen LogP contribution in [0.1, 0.15) is 17.3 Å². The fourth-order valence-corrected chi connectivity index (χ4v) is 1.62. The van der Waals surface area contributed by atoms with E-state index >= 15 is 0 Å². The van der Waals surface area contributed by atoms with Gasteiger partial charge in [-0.15, -0.1) is 0 Å². The van der Waals surface area contributed by atoms with Crippen LogP contribution in [0.5, 0.6) is 5.75 Å². The molecule has 0 bridgehead atoms. The minimum Gasteiger partial charge on any atom is -0.496 e. The molecule has 1 amide bonds. The van der Waals surface area contributed by atoms with Crippen LogP contribution in [-0.4, -0.2) is 24.1 Å². The third-order valence-corrected chi connectivity index (χ3v) is 2.64. The van der Waals surface area contributed by atoms with E-state index < -0.39 is 5.97 Å². The zero-order chi connectivity index (χ0) is 15.1. The molecule has 1 aromatic carbocycles. The van der Waals surface area contributed by atoms with E-state index in [4.69, 9.17) is 21.4 Å². The van der Waals surface area contributed by atoms with E-state index in [9.17, 15) is 9.59 Å². The van der Waals surface area contributed by atoms with Crippen molar-refractivity contribution in [2.75, 3.05) is 12.4 Å². The van der Waals surface area contributed by atoms with E-state index in [2.05, 4.69) is 5.32 Å². The first kappa shape index (κ1) is 15.8. The van der Waals surface area contributed by atoms with Crippen molar-refractivity contribution in [3.8, 4) is 5.75 Å². The number of hydrogen-bond donors (Lipinski definition) is 2. The van der Waals surface area contributed by atoms with Gasteiger partial charge in [-0.05, 0) is 13.0 Å². The highest BCUT2D eigenvalue weighted by Gasteiger charge is 2.15. The van der Waals surface area contributed by atoms with Crippen molar-refractivity contribution in [1.82, 2.24) is 0 Å². The molecule has 2 N–H and O–H groups in total. The quantitative estimate of drug-likeness (QED) is 0.646. The van der Waals surface area contributed by atoms with Gasteiger partial charge in [0.2, 0.25) is 5.91 Å². The Balaban J connectivity index is 3.02. The van der Waals surface area contributed by atoms with Gasteiger partial charge in [-0.2, -0.15) is 0 Å². The van der Waals surface area contributed by atoms with Gasteiger partial charge < -0.3 is 15.2 Å². The van der Waals surface area contributed by atoms with Crippen LogP contribution in [0.3, 0.4) is 0 Å². The molecule has 0 aliphatic carbocycles. The maximum atomic E-state index is 11.6. The Kier molecular flexibility index (Phi) is 5.80. The summed E-state index contributed by atoms with van der Waals surface area (Å²) in [4.78, 5) is 22.6. The number of halogens is 1. The summed E-state index contributed by atoms with van der Waals surface area (Å²) in [7, 11) is 1.34. The SMILES string of the molecule is C/C=C/C=C/C(=O)Nc1cc(OC)c(C(=O)O)cc1Cl. The van der Waals surface area contributed by atoms with Gasteiger partial charge in [-0.25, -0.2) is 4.79 Å². The molecule has 0 aliphatic heterocycles. The number of amides is 1. The molecule has 20 heavy (non-hydrogen) atoms. The summed E-state index contributed by atoms with van der Waals surface area (Å²) in [6.45, 7) is 1.83. The monoisotopic (exact) mass is 295 g/mol. The number of aromatic carboxylic acids is 1. The Labute approximate surface area is 121 Å². The third kappa shape index (κ3) is 4.13. The van der Waals surface area contributed by atoms with E-state index in [1.807, 2.05) is 6.92 Å². The Morgan fingerprint density at radius 3 is 2.60 bits per heavy atom. The second-order valence-corrected chi connectivity index (χ2v) is 4.12. The van der Waals surface area contributed by atoms with Crippen LogP contribution in [0.4, 0.5) is 5.69 Å². The summed E-state index contributed by atoms with van der Waals surface area (Å²) >= 11 is 5.94. The summed E-state index contributed by atoms with van der Waals surface area (Å²) in [5, 5.41) is 11.7. The largest absolute Gasteiger partial charge is 0.496 e. The minimum atomic E-state index is -1.16. The smallest absolute Gasteiger partial charge is 0.339 e. The molecule has 0 aromatic heterocycles. The fourth-order valence-electron chi connectivity index (χ4n) is 1.41. The number of carbonyl (C=O) groups is 2. The van der Waals surface area contributed by atoms with Crippen molar-refractivity contribution in [3.63, 3.8) is 0 Å². The van der Waals surface area contributed by atoms with E-state index in [0.29, 0.717) is 0 Å². The maximum absolute atomic E-state index is 11.6. The minimum absolute atomic E-state index is 0.0695. The molecule has 0 fully saturated rings. The van der Waals surface area contributed by atoms with Crippen molar-refractivity contribution >= 4 is 29.2 Å². The lowest BCUT2D eigenvalue weighted by atomic mass is 10.1. The summed E-state index contributed by atoms with van der Waals surface area (Å²) in [5.74, 6) is -1.42. The second-order valence-electron chi connectivity index (χ2n) is 3.71. The van der Waals surface area contributed by atoms with Crippen LogP contribution in [0, 0.1) is 0 Å². The van der Waals surface area contributed by atoms with Gasteiger partial charge in [0.1, 0.15) is 11.3 Å². The Bertz CT molecular complexity index is 579. The lowest BCUT2D eigenvalue weighted by Gasteiger charge is -2.10.